The second-order valence-corrected chi connectivity index (χ2v) is 4.22. The van der Waals surface area contributed by atoms with Crippen LogP contribution in [0.1, 0.15) is 10.4 Å². The Kier molecular flexibility index (Phi) is 3.31. The van der Waals surface area contributed by atoms with Gasteiger partial charge in [-0.15, -0.1) is 0 Å². The van der Waals surface area contributed by atoms with E-state index in [9.17, 15) is 9.59 Å². The van der Waals surface area contributed by atoms with Crippen molar-refractivity contribution >= 4 is 29.5 Å². The maximum atomic E-state index is 11.7. The van der Waals surface area contributed by atoms with Crippen molar-refractivity contribution in [1.82, 2.24) is 4.98 Å². The van der Waals surface area contributed by atoms with Crippen molar-refractivity contribution in [3.8, 4) is 11.1 Å². The van der Waals surface area contributed by atoms with Gasteiger partial charge in [0.05, 0.1) is 5.56 Å². The molecule has 0 saturated carbocycles. The number of aromatic amines is 1. The molecule has 0 amide bonds. The largest absolute Gasteiger partial charge is 0.329 e. The van der Waals surface area contributed by atoms with Crippen molar-refractivity contribution in [2.75, 3.05) is 0 Å². The fourth-order valence-corrected chi connectivity index (χ4v) is 1.94. The quantitative estimate of drug-likeness (QED) is 0.850. The van der Waals surface area contributed by atoms with Gasteiger partial charge in [-0.2, -0.15) is 0 Å². The van der Waals surface area contributed by atoms with Gasteiger partial charge in [0.15, 0.2) is 6.29 Å². The van der Waals surface area contributed by atoms with Crippen LogP contribution >= 0.6 is 23.2 Å². The van der Waals surface area contributed by atoms with E-state index >= 15 is 0 Å². The summed E-state index contributed by atoms with van der Waals surface area (Å²) in [4.78, 5) is 25.2. The van der Waals surface area contributed by atoms with Crippen LogP contribution in [0.5, 0.6) is 0 Å². The Morgan fingerprint density at radius 3 is 2.65 bits per heavy atom. The molecular weight excluding hydrogens is 261 g/mol. The van der Waals surface area contributed by atoms with Gasteiger partial charge in [0.1, 0.15) is 0 Å². The number of benzene rings is 1. The van der Waals surface area contributed by atoms with Crippen molar-refractivity contribution in [3.63, 3.8) is 0 Å². The molecule has 0 spiro atoms. The molecule has 17 heavy (non-hydrogen) atoms. The molecule has 3 nitrogen and oxygen atoms in total. The standard InChI is InChI=1S/C12H7Cl2NO2/c13-8-1-2-10(14)9(5-8)11-7(6-16)3-4-15-12(11)17/h1-6H,(H,15,17). The average Bonchev–Trinajstić information content (AvgIpc) is 2.32. The molecule has 0 atom stereocenters. The van der Waals surface area contributed by atoms with Crippen molar-refractivity contribution in [2.24, 2.45) is 0 Å². The number of pyridine rings is 1. The zero-order chi connectivity index (χ0) is 12.4. The van der Waals surface area contributed by atoms with Gasteiger partial charge < -0.3 is 4.98 Å². The monoisotopic (exact) mass is 267 g/mol. The smallest absolute Gasteiger partial charge is 0.256 e. The lowest BCUT2D eigenvalue weighted by Crippen LogP contribution is -2.11. The summed E-state index contributed by atoms with van der Waals surface area (Å²) in [6, 6.07) is 6.27. The van der Waals surface area contributed by atoms with Crippen LogP contribution in [0, 0.1) is 0 Å². The number of aromatic nitrogens is 1. The second kappa shape index (κ2) is 4.73. The Morgan fingerprint density at radius 1 is 1.18 bits per heavy atom. The number of H-pyrrole nitrogens is 1. The first-order valence-electron chi connectivity index (χ1n) is 4.76. The highest BCUT2D eigenvalue weighted by atomic mass is 35.5. The van der Waals surface area contributed by atoms with Crippen molar-refractivity contribution in [2.45, 2.75) is 0 Å². The molecule has 86 valence electrons. The third-order valence-electron chi connectivity index (χ3n) is 2.32. The number of carbonyl (C=O) groups is 1. The first-order valence-corrected chi connectivity index (χ1v) is 5.51. The summed E-state index contributed by atoms with van der Waals surface area (Å²) >= 11 is 11.9. The highest BCUT2D eigenvalue weighted by molar-refractivity contribution is 6.35. The molecule has 0 radical (unpaired) electrons. The van der Waals surface area contributed by atoms with E-state index in [4.69, 9.17) is 23.2 Å². The van der Waals surface area contributed by atoms with Crippen LogP contribution in [0.15, 0.2) is 35.3 Å². The van der Waals surface area contributed by atoms with Crippen LogP contribution in [-0.4, -0.2) is 11.3 Å². The molecule has 5 heteroatoms. The lowest BCUT2D eigenvalue weighted by Gasteiger charge is -2.06. The van der Waals surface area contributed by atoms with E-state index in [-0.39, 0.29) is 16.7 Å². The number of nitrogens with one attached hydrogen (secondary N) is 1. The van der Waals surface area contributed by atoms with E-state index in [0.29, 0.717) is 21.9 Å². The summed E-state index contributed by atoms with van der Waals surface area (Å²) in [5, 5.41) is 0.818. The maximum Gasteiger partial charge on any atom is 0.256 e. The molecule has 0 unspecified atom stereocenters. The molecule has 0 fully saturated rings. The van der Waals surface area contributed by atoms with Crippen LogP contribution in [0.4, 0.5) is 0 Å². The number of carbonyl (C=O) groups excluding carboxylic acids is 1. The van der Waals surface area contributed by atoms with Gasteiger partial charge in [-0.1, -0.05) is 23.2 Å². The molecule has 2 aromatic rings. The molecular formula is C12H7Cl2NO2. The van der Waals surface area contributed by atoms with E-state index in [1.54, 1.807) is 18.2 Å². The third-order valence-corrected chi connectivity index (χ3v) is 2.88. The summed E-state index contributed by atoms with van der Waals surface area (Å²) in [7, 11) is 0. The Labute approximate surface area is 107 Å². The van der Waals surface area contributed by atoms with Gasteiger partial charge in [0.2, 0.25) is 0 Å². The van der Waals surface area contributed by atoms with Gasteiger partial charge in [-0.3, -0.25) is 9.59 Å². The van der Waals surface area contributed by atoms with E-state index in [0.717, 1.165) is 0 Å². The molecule has 1 heterocycles. The van der Waals surface area contributed by atoms with Crippen LogP contribution < -0.4 is 5.56 Å². The van der Waals surface area contributed by atoms with Crippen LogP contribution in [0.3, 0.4) is 0 Å². The van der Waals surface area contributed by atoms with E-state index < -0.39 is 0 Å². The Bertz CT molecular complexity index is 635. The van der Waals surface area contributed by atoms with Crippen molar-refractivity contribution < 1.29 is 4.79 Å². The molecule has 1 N–H and O–H groups in total. The summed E-state index contributed by atoms with van der Waals surface area (Å²) in [6.45, 7) is 0. The topological polar surface area (TPSA) is 49.9 Å². The fourth-order valence-electron chi connectivity index (χ4n) is 1.56. The summed E-state index contributed by atoms with van der Waals surface area (Å²) in [5.41, 5.74) is 0.579. The fraction of sp³-hybridized carbons (Fsp3) is 0. The molecule has 1 aromatic carbocycles. The van der Waals surface area contributed by atoms with Gasteiger partial charge in [0, 0.05) is 27.4 Å². The molecule has 2 rings (SSSR count). The van der Waals surface area contributed by atoms with E-state index in [2.05, 4.69) is 4.98 Å². The van der Waals surface area contributed by atoms with Crippen molar-refractivity contribution in [3.05, 3.63) is 56.4 Å². The third kappa shape index (κ3) is 2.25. The molecule has 0 aliphatic rings. The number of rotatable bonds is 2. The van der Waals surface area contributed by atoms with Crippen LogP contribution in [0.2, 0.25) is 10.0 Å². The Balaban J connectivity index is 2.80. The molecule has 0 aliphatic carbocycles. The summed E-state index contributed by atoms with van der Waals surface area (Å²) < 4.78 is 0. The minimum atomic E-state index is -0.376. The van der Waals surface area contributed by atoms with Crippen LogP contribution in [-0.2, 0) is 0 Å². The SMILES string of the molecule is O=Cc1cc[nH]c(=O)c1-c1cc(Cl)ccc1Cl. The second-order valence-electron chi connectivity index (χ2n) is 3.38. The van der Waals surface area contributed by atoms with Gasteiger partial charge in [0.25, 0.3) is 5.56 Å². The van der Waals surface area contributed by atoms with Gasteiger partial charge >= 0.3 is 0 Å². The average molecular weight is 268 g/mol. The molecule has 0 saturated heterocycles. The number of hydrogen-bond acceptors (Lipinski definition) is 2. The van der Waals surface area contributed by atoms with Crippen molar-refractivity contribution in [1.29, 1.82) is 0 Å². The zero-order valence-electron chi connectivity index (χ0n) is 8.54. The van der Waals surface area contributed by atoms with E-state index in [1.807, 2.05) is 0 Å². The number of aldehydes is 1. The minimum Gasteiger partial charge on any atom is -0.329 e. The molecule has 1 aromatic heterocycles. The molecule has 0 bridgehead atoms. The van der Waals surface area contributed by atoms with Crippen LogP contribution in [0.25, 0.3) is 11.1 Å². The lowest BCUT2D eigenvalue weighted by molar-refractivity contribution is 0.112. The van der Waals surface area contributed by atoms with Gasteiger partial charge in [-0.25, -0.2) is 0 Å². The highest BCUT2D eigenvalue weighted by Gasteiger charge is 2.12. The zero-order valence-corrected chi connectivity index (χ0v) is 10.0. The predicted octanol–water partition coefficient (Wildman–Crippen LogP) is 3.16. The first-order chi connectivity index (χ1) is 8.13. The summed E-state index contributed by atoms with van der Waals surface area (Å²) in [6.07, 6.45) is 2.02. The normalized spacial score (nSPS) is 10.2. The molecule has 0 aliphatic heterocycles. The maximum absolute atomic E-state index is 11.7. The minimum absolute atomic E-state index is 0.231. The lowest BCUT2D eigenvalue weighted by atomic mass is 10.0. The van der Waals surface area contributed by atoms with Gasteiger partial charge in [-0.05, 0) is 24.3 Å². The summed E-state index contributed by atoms with van der Waals surface area (Å²) in [5.74, 6) is 0. The highest BCUT2D eigenvalue weighted by Crippen LogP contribution is 2.29. The predicted molar refractivity (Wildman–Crippen MR) is 67.9 cm³/mol. The first kappa shape index (κ1) is 11.9. The number of halogens is 2. The Morgan fingerprint density at radius 2 is 1.94 bits per heavy atom. The number of hydrogen-bond donors (Lipinski definition) is 1. The van der Waals surface area contributed by atoms with E-state index in [1.165, 1.54) is 12.3 Å². The Hall–Kier alpha value is -1.58.